The molecule has 35 heavy (non-hydrogen) atoms. The molecule has 0 radical (unpaired) electrons. The first kappa shape index (κ1) is 33.1. The zero-order chi connectivity index (χ0) is 26.7. The standard InChI is InChI=1S/C28H51NO6/c1-5-9-10-11-12-13-14-15-16-17-18-19-20-21-22-29(23(6-2)26(30)31,24(7-3)27(32)33)25(8-4)28(34)35/h11-12,23-25H,5-10,13-22H2,1-4H3,(H2-,30,31,32,33,34,35)/b12-11+. The maximum atomic E-state index is 12.2. The summed E-state index contributed by atoms with van der Waals surface area (Å²) in [5.41, 5.74) is 0. The Morgan fingerprint density at radius 3 is 1.43 bits per heavy atom. The van der Waals surface area contributed by atoms with Gasteiger partial charge in [-0.3, -0.25) is 4.48 Å². The highest BCUT2D eigenvalue weighted by Crippen LogP contribution is 2.32. The number of carbonyl (C=O) groups excluding carboxylic acids is 1. The van der Waals surface area contributed by atoms with Crippen LogP contribution in [0.25, 0.3) is 0 Å². The van der Waals surface area contributed by atoms with Gasteiger partial charge in [0.1, 0.15) is 6.04 Å². The molecule has 0 aromatic carbocycles. The van der Waals surface area contributed by atoms with Gasteiger partial charge in [-0.25, -0.2) is 9.59 Å². The number of rotatable bonds is 23. The summed E-state index contributed by atoms with van der Waals surface area (Å²) in [5.74, 6) is -3.66. The molecule has 0 saturated carbocycles. The van der Waals surface area contributed by atoms with Crippen molar-refractivity contribution in [3.8, 4) is 0 Å². The number of carboxylic acid groups (broad SMARTS) is 3. The lowest BCUT2D eigenvalue weighted by atomic mass is 9.93. The predicted octanol–water partition coefficient (Wildman–Crippen LogP) is 5.32. The van der Waals surface area contributed by atoms with Crippen LogP contribution in [-0.2, 0) is 14.4 Å². The molecule has 3 unspecified atom stereocenters. The van der Waals surface area contributed by atoms with Gasteiger partial charge in [0, 0.05) is 19.3 Å². The lowest BCUT2D eigenvalue weighted by molar-refractivity contribution is -0.974. The van der Waals surface area contributed by atoms with Crippen LogP contribution in [0, 0.1) is 0 Å². The number of unbranched alkanes of at least 4 members (excludes halogenated alkanes) is 10. The highest BCUT2D eigenvalue weighted by molar-refractivity contribution is 5.77. The number of quaternary nitrogens is 1. The smallest absolute Gasteiger partial charge is 0.362 e. The highest BCUT2D eigenvalue weighted by Gasteiger charge is 2.53. The molecular weight excluding hydrogens is 446 g/mol. The maximum absolute atomic E-state index is 12.2. The summed E-state index contributed by atoms with van der Waals surface area (Å²) < 4.78 is -0.470. The molecule has 0 aliphatic carbocycles. The van der Waals surface area contributed by atoms with Crippen molar-refractivity contribution in [1.82, 2.24) is 0 Å². The van der Waals surface area contributed by atoms with Gasteiger partial charge in [0.25, 0.3) is 0 Å². The summed E-state index contributed by atoms with van der Waals surface area (Å²) in [6, 6.07) is -3.38. The van der Waals surface area contributed by atoms with E-state index in [1.165, 1.54) is 38.5 Å². The Labute approximate surface area is 213 Å². The van der Waals surface area contributed by atoms with E-state index in [0.29, 0.717) is 6.42 Å². The first-order chi connectivity index (χ1) is 16.7. The van der Waals surface area contributed by atoms with Gasteiger partial charge in [-0.05, 0) is 32.1 Å². The summed E-state index contributed by atoms with van der Waals surface area (Å²) in [6.45, 7) is 7.45. The third-order valence-electron chi connectivity index (χ3n) is 7.30. The Hall–Kier alpha value is -1.89. The fourth-order valence-corrected chi connectivity index (χ4v) is 5.53. The zero-order valence-electron chi connectivity index (χ0n) is 22.7. The van der Waals surface area contributed by atoms with Crippen LogP contribution < -0.4 is 5.11 Å². The molecule has 0 rings (SSSR count). The Kier molecular flexibility index (Phi) is 18.3. The number of hydrogen-bond acceptors (Lipinski definition) is 4. The number of carbonyl (C=O) groups is 3. The fraction of sp³-hybridized carbons (Fsp3) is 0.821. The Morgan fingerprint density at radius 2 is 1.06 bits per heavy atom. The van der Waals surface area contributed by atoms with E-state index in [1.54, 1.807) is 20.8 Å². The molecule has 0 spiro atoms. The average molecular weight is 498 g/mol. The molecule has 204 valence electrons. The molecule has 0 bridgehead atoms. The number of aliphatic carboxylic acids is 3. The molecular formula is C28H51NO6. The van der Waals surface area contributed by atoms with Crippen LogP contribution in [0.3, 0.4) is 0 Å². The summed E-state index contributed by atoms with van der Waals surface area (Å²) in [6.07, 6.45) is 18.1. The van der Waals surface area contributed by atoms with E-state index >= 15 is 0 Å². The van der Waals surface area contributed by atoms with Crippen molar-refractivity contribution in [2.24, 2.45) is 0 Å². The van der Waals surface area contributed by atoms with Crippen molar-refractivity contribution in [3.63, 3.8) is 0 Å². The monoisotopic (exact) mass is 497 g/mol. The molecule has 0 amide bonds. The second kappa shape index (κ2) is 19.3. The molecule has 2 N–H and O–H groups in total. The van der Waals surface area contributed by atoms with Gasteiger partial charge in [-0.15, -0.1) is 0 Å². The van der Waals surface area contributed by atoms with Crippen LogP contribution in [0.1, 0.15) is 124 Å². The molecule has 7 heteroatoms. The Bertz CT molecular complexity index is 578. The van der Waals surface area contributed by atoms with Gasteiger partial charge in [-0.1, -0.05) is 84.8 Å². The van der Waals surface area contributed by atoms with Crippen LogP contribution in [0.5, 0.6) is 0 Å². The molecule has 0 saturated heterocycles. The van der Waals surface area contributed by atoms with E-state index in [1.807, 2.05) is 0 Å². The Balaban J connectivity index is 4.97. The minimum absolute atomic E-state index is 0.129. The summed E-state index contributed by atoms with van der Waals surface area (Å²) in [5, 5.41) is 32.0. The maximum Gasteiger partial charge on any atom is 0.362 e. The molecule has 0 aliphatic heterocycles. The third-order valence-corrected chi connectivity index (χ3v) is 7.30. The summed E-state index contributed by atoms with van der Waals surface area (Å²) in [4.78, 5) is 36.5. The van der Waals surface area contributed by atoms with Crippen molar-refractivity contribution < 1.29 is 34.2 Å². The predicted molar refractivity (Wildman–Crippen MR) is 138 cm³/mol. The second-order valence-electron chi connectivity index (χ2n) is 9.72. The number of allylic oxidation sites excluding steroid dienone is 2. The van der Waals surface area contributed by atoms with Gasteiger partial charge in [0.2, 0.25) is 0 Å². The average Bonchev–Trinajstić information content (AvgIpc) is 2.79. The molecule has 0 fully saturated rings. The van der Waals surface area contributed by atoms with Gasteiger partial charge >= 0.3 is 11.9 Å². The number of nitrogens with zero attached hydrogens (tertiary/aromatic N) is 1. The van der Waals surface area contributed by atoms with Gasteiger partial charge in [0.15, 0.2) is 12.1 Å². The normalized spacial score (nSPS) is 16.0. The highest BCUT2D eigenvalue weighted by atomic mass is 16.4. The van der Waals surface area contributed by atoms with E-state index in [-0.39, 0.29) is 25.8 Å². The molecule has 0 aromatic heterocycles. The quantitative estimate of drug-likeness (QED) is 0.112. The molecule has 7 nitrogen and oxygen atoms in total. The fourth-order valence-electron chi connectivity index (χ4n) is 5.53. The lowest BCUT2D eigenvalue weighted by Crippen LogP contribution is -2.73. The summed E-state index contributed by atoms with van der Waals surface area (Å²) >= 11 is 0. The number of carboxylic acids is 3. The van der Waals surface area contributed by atoms with E-state index in [2.05, 4.69) is 19.1 Å². The van der Waals surface area contributed by atoms with Crippen LogP contribution in [-0.4, -0.2) is 57.3 Å². The van der Waals surface area contributed by atoms with E-state index in [0.717, 1.165) is 32.1 Å². The number of hydrogen-bond donors (Lipinski definition) is 2. The minimum atomic E-state index is -1.37. The van der Waals surface area contributed by atoms with E-state index < -0.39 is 40.5 Å². The first-order valence-electron chi connectivity index (χ1n) is 13.9. The van der Waals surface area contributed by atoms with Crippen molar-refractivity contribution in [1.29, 1.82) is 0 Å². The molecule has 0 heterocycles. The minimum Gasteiger partial charge on any atom is -0.544 e. The van der Waals surface area contributed by atoms with E-state index in [4.69, 9.17) is 0 Å². The van der Waals surface area contributed by atoms with Gasteiger partial charge in [0.05, 0.1) is 12.5 Å². The molecule has 3 atom stereocenters. The lowest BCUT2D eigenvalue weighted by Gasteiger charge is -2.51. The van der Waals surface area contributed by atoms with Crippen molar-refractivity contribution >= 4 is 17.9 Å². The molecule has 0 aliphatic rings. The molecule has 0 aromatic rings. The van der Waals surface area contributed by atoms with Crippen LogP contribution >= 0.6 is 0 Å². The largest absolute Gasteiger partial charge is 0.544 e. The van der Waals surface area contributed by atoms with Gasteiger partial charge in [-0.2, -0.15) is 0 Å². The van der Waals surface area contributed by atoms with Crippen molar-refractivity contribution in [2.45, 2.75) is 142 Å². The first-order valence-corrected chi connectivity index (χ1v) is 13.9. The topological polar surface area (TPSA) is 115 Å². The van der Waals surface area contributed by atoms with Crippen LogP contribution in [0.2, 0.25) is 0 Å². The van der Waals surface area contributed by atoms with Crippen molar-refractivity contribution in [3.05, 3.63) is 12.2 Å². The third kappa shape index (κ3) is 11.1. The Morgan fingerprint density at radius 1 is 0.657 bits per heavy atom. The van der Waals surface area contributed by atoms with Crippen LogP contribution in [0.4, 0.5) is 0 Å². The zero-order valence-corrected chi connectivity index (χ0v) is 22.7. The second-order valence-corrected chi connectivity index (χ2v) is 9.72. The van der Waals surface area contributed by atoms with E-state index in [9.17, 15) is 29.7 Å². The summed E-state index contributed by atoms with van der Waals surface area (Å²) in [7, 11) is 0. The van der Waals surface area contributed by atoms with Crippen LogP contribution in [0.15, 0.2) is 12.2 Å². The van der Waals surface area contributed by atoms with Crippen molar-refractivity contribution in [2.75, 3.05) is 6.54 Å². The SMILES string of the molecule is CCCC/C=C/CCCCCCCCCC[N+](C(CC)C(=O)[O-])(C(CC)C(=O)O)C(CC)C(=O)O. The van der Waals surface area contributed by atoms with Gasteiger partial charge < -0.3 is 20.1 Å².